The summed E-state index contributed by atoms with van der Waals surface area (Å²) in [5.41, 5.74) is -1.10. The highest BCUT2D eigenvalue weighted by Gasteiger charge is 2.46. The second kappa shape index (κ2) is 12.3. The van der Waals surface area contributed by atoms with Gasteiger partial charge in [-0.2, -0.15) is 0 Å². The lowest BCUT2D eigenvalue weighted by Crippen LogP contribution is -2.50. The zero-order chi connectivity index (χ0) is 24.5. The molecule has 5 atom stereocenters. The highest BCUT2D eigenvalue weighted by Crippen LogP contribution is 2.22. The van der Waals surface area contributed by atoms with Gasteiger partial charge in [0.1, 0.15) is 5.60 Å². The van der Waals surface area contributed by atoms with Crippen LogP contribution in [0.4, 0.5) is 0 Å². The van der Waals surface area contributed by atoms with Crippen molar-refractivity contribution >= 4 is 23.4 Å². The van der Waals surface area contributed by atoms with Gasteiger partial charge in [-0.15, -0.1) is 0 Å². The molecule has 2 unspecified atom stereocenters. The van der Waals surface area contributed by atoms with Crippen molar-refractivity contribution in [3.63, 3.8) is 0 Å². The van der Waals surface area contributed by atoms with Crippen molar-refractivity contribution in [2.45, 2.75) is 65.5 Å². The largest absolute Gasteiger partial charge is 0.547 e. The van der Waals surface area contributed by atoms with Crippen LogP contribution in [0.3, 0.4) is 0 Å². The topological polar surface area (TPSA) is 124 Å². The normalized spacial score (nSPS) is 23.6. The standard InChI is InChI=1S/C25H35NO6/c1-6-16(2)10-8-7-9-11-17(3)14-18(4)12-13-20(27)21-22(28)19(26-23(21)29)15-25(5,32)24(30)31/h6-10,12-13,17-19,21,32H,11,14-15H2,1-5H3,(H,26,29)(H,30,31)/p-1/b9-7+,10-8+,13-12+,16-6+/t17-,18+,19+,21?,25?/m0/s1. The third-order valence-electron chi connectivity index (χ3n) is 5.50. The molecule has 1 rings (SSSR count). The number of aliphatic carboxylic acids is 1. The third-order valence-corrected chi connectivity index (χ3v) is 5.50. The molecule has 1 aliphatic heterocycles. The summed E-state index contributed by atoms with van der Waals surface area (Å²) in [4.78, 5) is 47.9. The summed E-state index contributed by atoms with van der Waals surface area (Å²) in [7, 11) is 0. The quantitative estimate of drug-likeness (QED) is 0.269. The number of ketones is 2. The van der Waals surface area contributed by atoms with Crippen LogP contribution in [0.5, 0.6) is 0 Å². The van der Waals surface area contributed by atoms with Gasteiger partial charge in [0, 0.05) is 6.42 Å². The number of allylic oxidation sites excluding steroid dienone is 8. The second-order valence-corrected chi connectivity index (χ2v) is 8.80. The van der Waals surface area contributed by atoms with E-state index in [4.69, 9.17) is 0 Å². The molecule has 1 saturated heterocycles. The molecule has 176 valence electrons. The number of carbonyl (C=O) groups excluding carboxylic acids is 4. The van der Waals surface area contributed by atoms with Gasteiger partial charge in [-0.05, 0) is 51.5 Å². The average molecular weight is 445 g/mol. The van der Waals surface area contributed by atoms with Crippen molar-refractivity contribution < 1.29 is 29.4 Å². The molecule has 0 bridgehead atoms. The maximum atomic E-state index is 12.4. The first kappa shape index (κ1) is 27.2. The molecule has 2 N–H and O–H groups in total. The zero-order valence-corrected chi connectivity index (χ0v) is 19.5. The van der Waals surface area contributed by atoms with E-state index < -0.39 is 47.4 Å². The smallest absolute Gasteiger partial charge is 0.239 e. The Morgan fingerprint density at radius 1 is 1.22 bits per heavy atom. The summed E-state index contributed by atoms with van der Waals surface area (Å²) in [6, 6.07) is -1.24. The van der Waals surface area contributed by atoms with Crippen LogP contribution in [0, 0.1) is 17.8 Å². The lowest BCUT2D eigenvalue weighted by atomic mass is 9.90. The van der Waals surface area contributed by atoms with Crippen LogP contribution in [0.25, 0.3) is 0 Å². The van der Waals surface area contributed by atoms with Gasteiger partial charge in [-0.3, -0.25) is 14.4 Å². The summed E-state index contributed by atoms with van der Waals surface area (Å²) in [6.07, 6.45) is 14.2. The molecule has 0 aliphatic carbocycles. The van der Waals surface area contributed by atoms with Gasteiger partial charge in [0.05, 0.1) is 12.0 Å². The minimum atomic E-state index is -2.29. The van der Waals surface area contributed by atoms with E-state index >= 15 is 0 Å². The van der Waals surface area contributed by atoms with Crippen LogP contribution in [-0.2, 0) is 19.2 Å². The van der Waals surface area contributed by atoms with Gasteiger partial charge in [0.2, 0.25) is 5.91 Å². The van der Waals surface area contributed by atoms with Gasteiger partial charge in [0.25, 0.3) is 0 Å². The fourth-order valence-corrected chi connectivity index (χ4v) is 3.42. The molecule has 0 aromatic carbocycles. The number of rotatable bonds is 12. The molecule has 1 fully saturated rings. The van der Waals surface area contributed by atoms with Crippen molar-refractivity contribution in [1.82, 2.24) is 5.32 Å². The fourth-order valence-electron chi connectivity index (χ4n) is 3.42. The number of carboxylic acids is 1. The molecule has 0 radical (unpaired) electrons. The van der Waals surface area contributed by atoms with Gasteiger partial charge < -0.3 is 20.3 Å². The summed E-state index contributed by atoms with van der Waals surface area (Å²) < 4.78 is 0. The summed E-state index contributed by atoms with van der Waals surface area (Å²) in [5, 5.41) is 23.0. The van der Waals surface area contributed by atoms with Crippen molar-refractivity contribution in [1.29, 1.82) is 0 Å². The molecule has 0 saturated carbocycles. The van der Waals surface area contributed by atoms with Crippen LogP contribution in [0.15, 0.2) is 48.1 Å². The van der Waals surface area contributed by atoms with Crippen molar-refractivity contribution in [3.8, 4) is 0 Å². The number of nitrogens with one attached hydrogen (secondary N) is 1. The minimum Gasteiger partial charge on any atom is -0.547 e. The second-order valence-electron chi connectivity index (χ2n) is 8.80. The first-order valence-corrected chi connectivity index (χ1v) is 10.8. The Hall–Kier alpha value is -2.80. The van der Waals surface area contributed by atoms with E-state index in [0.717, 1.165) is 19.8 Å². The van der Waals surface area contributed by atoms with Crippen LogP contribution in [-0.4, -0.2) is 40.2 Å². The first-order chi connectivity index (χ1) is 14.9. The lowest BCUT2D eigenvalue weighted by Gasteiger charge is -2.26. The van der Waals surface area contributed by atoms with Gasteiger partial charge >= 0.3 is 0 Å². The minimum absolute atomic E-state index is 0.0670. The highest BCUT2D eigenvalue weighted by molar-refractivity contribution is 6.26. The molecule has 1 heterocycles. The molecule has 0 aromatic heterocycles. The Morgan fingerprint density at radius 2 is 1.88 bits per heavy atom. The number of aliphatic hydroxyl groups is 1. The molecule has 1 amide bonds. The van der Waals surface area contributed by atoms with Crippen LogP contribution in [0.1, 0.15) is 53.9 Å². The van der Waals surface area contributed by atoms with E-state index in [1.807, 2.05) is 45.1 Å². The van der Waals surface area contributed by atoms with E-state index in [-0.39, 0.29) is 5.92 Å². The van der Waals surface area contributed by atoms with Crippen LogP contribution >= 0.6 is 0 Å². The molecular weight excluding hydrogens is 410 g/mol. The molecule has 1 aliphatic rings. The summed E-state index contributed by atoms with van der Waals surface area (Å²) in [5.74, 6) is -4.99. The number of carboxylic acid groups (broad SMARTS) is 1. The molecule has 7 nitrogen and oxygen atoms in total. The predicted octanol–water partition coefficient (Wildman–Crippen LogP) is 1.82. The van der Waals surface area contributed by atoms with E-state index in [9.17, 15) is 29.4 Å². The van der Waals surface area contributed by atoms with Crippen LogP contribution in [0.2, 0.25) is 0 Å². The number of amides is 1. The van der Waals surface area contributed by atoms with Gasteiger partial charge in [0.15, 0.2) is 17.5 Å². The number of hydrogen-bond acceptors (Lipinski definition) is 6. The average Bonchev–Trinajstić information content (AvgIpc) is 2.97. The van der Waals surface area contributed by atoms with Gasteiger partial charge in [-0.1, -0.05) is 55.9 Å². The Bertz CT molecular complexity index is 833. The predicted molar refractivity (Wildman–Crippen MR) is 120 cm³/mol. The van der Waals surface area contributed by atoms with E-state index in [1.54, 1.807) is 6.08 Å². The maximum absolute atomic E-state index is 12.4. The van der Waals surface area contributed by atoms with E-state index in [1.165, 1.54) is 11.6 Å². The van der Waals surface area contributed by atoms with E-state index in [0.29, 0.717) is 5.92 Å². The SMILES string of the molecule is C/C=C(C)/C=C/C=C/C[C@H](C)C[C@H](C)/C=C/C(=O)C1C(=O)N[C@H](CC(C)(O)C(=O)[O-])C1=O. The Labute approximate surface area is 190 Å². The van der Waals surface area contributed by atoms with Crippen molar-refractivity contribution in [3.05, 3.63) is 48.1 Å². The van der Waals surface area contributed by atoms with E-state index in [2.05, 4.69) is 18.3 Å². The van der Waals surface area contributed by atoms with Crippen LogP contribution < -0.4 is 10.4 Å². The highest BCUT2D eigenvalue weighted by atomic mass is 16.4. The fraction of sp³-hybridized carbons (Fsp3) is 0.520. The first-order valence-electron chi connectivity index (χ1n) is 10.8. The molecule has 0 spiro atoms. The zero-order valence-electron chi connectivity index (χ0n) is 19.5. The number of carbonyl (C=O) groups is 4. The Balaban J connectivity index is 2.60. The lowest BCUT2D eigenvalue weighted by molar-refractivity contribution is -0.324. The van der Waals surface area contributed by atoms with Gasteiger partial charge in [-0.25, -0.2) is 0 Å². The Morgan fingerprint density at radius 3 is 2.47 bits per heavy atom. The number of hydrogen-bond donors (Lipinski definition) is 2. The summed E-state index contributed by atoms with van der Waals surface area (Å²) in [6.45, 7) is 9.06. The number of Topliss-reactive ketones (excluding diaryl/α,β-unsaturated/α-hetero) is 1. The maximum Gasteiger partial charge on any atom is 0.239 e. The van der Waals surface area contributed by atoms with Crippen molar-refractivity contribution in [2.75, 3.05) is 0 Å². The summed E-state index contributed by atoms with van der Waals surface area (Å²) >= 11 is 0. The molecule has 32 heavy (non-hydrogen) atoms. The third kappa shape index (κ3) is 8.38. The van der Waals surface area contributed by atoms with Crippen molar-refractivity contribution in [2.24, 2.45) is 17.8 Å². The molecule has 7 heteroatoms. The molecule has 0 aromatic rings. The Kier molecular flexibility index (Phi) is 10.5. The molecular formula is C25H34NO6-. The monoisotopic (exact) mass is 444 g/mol.